The van der Waals surface area contributed by atoms with Gasteiger partial charge < -0.3 is 15.2 Å². The number of nitrogens with two attached hydrogens (primary N) is 1. The average molecular weight is 285 g/mol. The summed E-state index contributed by atoms with van der Waals surface area (Å²) < 4.78 is 10.6. The van der Waals surface area contributed by atoms with Crippen LogP contribution >= 0.6 is 0 Å². The Morgan fingerprint density at radius 2 is 1.71 bits per heavy atom. The number of para-hydroxylation sites is 2. The van der Waals surface area contributed by atoms with Crippen molar-refractivity contribution in [1.82, 2.24) is 0 Å². The van der Waals surface area contributed by atoms with Gasteiger partial charge in [0.1, 0.15) is 12.4 Å². The number of carbonyl (C=O) groups excluding carboxylic acids is 1. The Kier molecular flexibility index (Phi) is 4.82. The van der Waals surface area contributed by atoms with Crippen LogP contribution in [-0.2, 0) is 16.1 Å². The van der Waals surface area contributed by atoms with E-state index in [9.17, 15) is 4.79 Å². The van der Waals surface area contributed by atoms with E-state index in [1.807, 2.05) is 38.1 Å². The normalized spacial score (nSPS) is 10.2. The highest BCUT2D eigenvalue weighted by Crippen LogP contribution is 2.19. The first kappa shape index (κ1) is 14.9. The van der Waals surface area contributed by atoms with Crippen molar-refractivity contribution in [3.05, 3.63) is 59.2 Å². The van der Waals surface area contributed by atoms with Crippen molar-refractivity contribution < 1.29 is 14.3 Å². The van der Waals surface area contributed by atoms with Crippen LogP contribution in [0.2, 0.25) is 0 Å². The van der Waals surface area contributed by atoms with E-state index in [1.165, 1.54) is 0 Å². The van der Waals surface area contributed by atoms with E-state index in [0.29, 0.717) is 11.4 Å². The van der Waals surface area contributed by atoms with Gasteiger partial charge in [-0.25, -0.2) is 4.79 Å². The minimum atomic E-state index is -0.416. The van der Waals surface area contributed by atoms with Gasteiger partial charge in [-0.3, -0.25) is 0 Å². The molecule has 21 heavy (non-hydrogen) atoms. The molecule has 2 aromatic carbocycles. The molecule has 0 unspecified atom stereocenters. The molecule has 2 rings (SSSR count). The molecular formula is C17H19NO3. The van der Waals surface area contributed by atoms with Gasteiger partial charge >= 0.3 is 5.97 Å². The van der Waals surface area contributed by atoms with Gasteiger partial charge in [0.15, 0.2) is 6.61 Å². The van der Waals surface area contributed by atoms with E-state index in [-0.39, 0.29) is 13.2 Å². The van der Waals surface area contributed by atoms with Gasteiger partial charge in [0.05, 0.1) is 5.69 Å². The van der Waals surface area contributed by atoms with E-state index in [4.69, 9.17) is 15.2 Å². The van der Waals surface area contributed by atoms with Gasteiger partial charge in [-0.15, -0.1) is 0 Å². The number of nitrogen functional groups attached to an aromatic ring is 1. The number of anilines is 1. The second-order valence-electron chi connectivity index (χ2n) is 4.86. The Bertz CT molecular complexity index is 617. The van der Waals surface area contributed by atoms with Gasteiger partial charge in [-0.05, 0) is 42.7 Å². The van der Waals surface area contributed by atoms with E-state index in [0.717, 1.165) is 16.7 Å². The van der Waals surface area contributed by atoms with Crippen molar-refractivity contribution in [3.8, 4) is 5.75 Å². The van der Waals surface area contributed by atoms with E-state index < -0.39 is 5.97 Å². The lowest BCUT2D eigenvalue weighted by Crippen LogP contribution is -2.15. The van der Waals surface area contributed by atoms with Crippen LogP contribution in [0.15, 0.2) is 42.5 Å². The van der Waals surface area contributed by atoms with Crippen LogP contribution in [0, 0.1) is 13.8 Å². The second kappa shape index (κ2) is 6.79. The summed E-state index contributed by atoms with van der Waals surface area (Å²) >= 11 is 0. The zero-order valence-corrected chi connectivity index (χ0v) is 12.3. The molecule has 0 aliphatic carbocycles. The molecule has 0 spiro atoms. The number of aryl methyl sites for hydroxylation is 2. The topological polar surface area (TPSA) is 61.5 Å². The van der Waals surface area contributed by atoms with Crippen molar-refractivity contribution in [2.75, 3.05) is 12.3 Å². The Morgan fingerprint density at radius 3 is 2.38 bits per heavy atom. The van der Waals surface area contributed by atoms with Crippen LogP contribution in [-0.4, -0.2) is 12.6 Å². The first-order valence-electron chi connectivity index (χ1n) is 6.76. The predicted octanol–water partition coefficient (Wildman–Crippen LogP) is 3.01. The summed E-state index contributed by atoms with van der Waals surface area (Å²) in [6.07, 6.45) is 0. The Balaban J connectivity index is 1.87. The van der Waals surface area contributed by atoms with Crippen LogP contribution in [0.5, 0.6) is 5.75 Å². The predicted molar refractivity (Wildman–Crippen MR) is 82.1 cm³/mol. The summed E-state index contributed by atoms with van der Waals surface area (Å²) in [4.78, 5) is 11.7. The lowest BCUT2D eigenvalue weighted by Gasteiger charge is -2.11. The molecule has 0 saturated heterocycles. The maximum absolute atomic E-state index is 11.7. The summed E-state index contributed by atoms with van der Waals surface area (Å²) in [5.74, 6) is 0.0717. The van der Waals surface area contributed by atoms with E-state index in [2.05, 4.69) is 0 Å². The Hall–Kier alpha value is -2.49. The number of rotatable bonds is 5. The number of ether oxygens (including phenoxy) is 2. The molecule has 0 atom stereocenters. The first-order chi connectivity index (χ1) is 10.1. The molecule has 0 aromatic heterocycles. The zero-order chi connectivity index (χ0) is 15.2. The third kappa shape index (κ3) is 3.99. The number of esters is 1. The molecule has 0 radical (unpaired) electrons. The SMILES string of the molecule is Cc1cccc(C)c1COC(=O)COc1ccccc1N. The summed E-state index contributed by atoms with van der Waals surface area (Å²) in [7, 11) is 0. The largest absolute Gasteiger partial charge is 0.480 e. The molecule has 0 saturated carbocycles. The minimum absolute atomic E-state index is 0.154. The second-order valence-corrected chi connectivity index (χ2v) is 4.86. The van der Waals surface area contributed by atoms with Gasteiger partial charge in [0, 0.05) is 0 Å². The van der Waals surface area contributed by atoms with Crippen molar-refractivity contribution in [1.29, 1.82) is 0 Å². The molecule has 0 aliphatic heterocycles. The molecule has 2 aromatic rings. The van der Waals surface area contributed by atoms with Crippen LogP contribution in [0.25, 0.3) is 0 Å². The van der Waals surface area contributed by atoms with Crippen LogP contribution in [0.1, 0.15) is 16.7 Å². The lowest BCUT2D eigenvalue weighted by molar-refractivity contribution is -0.147. The lowest BCUT2D eigenvalue weighted by atomic mass is 10.0. The molecule has 110 valence electrons. The maximum Gasteiger partial charge on any atom is 0.344 e. The zero-order valence-electron chi connectivity index (χ0n) is 12.3. The van der Waals surface area contributed by atoms with Crippen molar-refractivity contribution in [3.63, 3.8) is 0 Å². The number of hydrogen-bond acceptors (Lipinski definition) is 4. The quantitative estimate of drug-likeness (QED) is 0.677. The number of hydrogen-bond donors (Lipinski definition) is 1. The summed E-state index contributed by atoms with van der Waals surface area (Å²) in [6.45, 7) is 4.10. The molecule has 0 heterocycles. The minimum Gasteiger partial charge on any atom is -0.480 e. The third-order valence-electron chi connectivity index (χ3n) is 3.29. The van der Waals surface area contributed by atoms with Crippen molar-refractivity contribution >= 4 is 11.7 Å². The monoisotopic (exact) mass is 285 g/mol. The van der Waals surface area contributed by atoms with E-state index in [1.54, 1.807) is 18.2 Å². The van der Waals surface area contributed by atoms with Crippen LogP contribution in [0.3, 0.4) is 0 Å². The Morgan fingerprint density at radius 1 is 1.05 bits per heavy atom. The highest BCUT2D eigenvalue weighted by Gasteiger charge is 2.09. The fourth-order valence-corrected chi connectivity index (χ4v) is 2.02. The molecule has 4 heteroatoms. The fourth-order valence-electron chi connectivity index (χ4n) is 2.02. The highest BCUT2D eigenvalue weighted by atomic mass is 16.6. The number of benzene rings is 2. The van der Waals surface area contributed by atoms with E-state index >= 15 is 0 Å². The fraction of sp³-hybridized carbons (Fsp3) is 0.235. The molecule has 0 aliphatic rings. The Labute approximate surface area is 124 Å². The molecule has 2 N–H and O–H groups in total. The average Bonchev–Trinajstić information content (AvgIpc) is 2.46. The van der Waals surface area contributed by atoms with Gasteiger partial charge in [0.2, 0.25) is 0 Å². The summed E-state index contributed by atoms with van der Waals surface area (Å²) in [5, 5.41) is 0. The summed E-state index contributed by atoms with van der Waals surface area (Å²) in [6, 6.07) is 13.0. The molecular weight excluding hydrogens is 266 g/mol. The standard InChI is InChI=1S/C17H19NO3/c1-12-6-5-7-13(2)14(12)10-21-17(19)11-20-16-9-4-3-8-15(16)18/h3-9H,10-11,18H2,1-2H3. The molecule has 0 amide bonds. The first-order valence-corrected chi connectivity index (χ1v) is 6.76. The van der Waals surface area contributed by atoms with Crippen molar-refractivity contribution in [2.24, 2.45) is 0 Å². The third-order valence-corrected chi connectivity index (χ3v) is 3.29. The highest BCUT2D eigenvalue weighted by molar-refractivity contribution is 5.71. The van der Waals surface area contributed by atoms with Crippen LogP contribution < -0.4 is 10.5 Å². The number of carbonyl (C=O) groups is 1. The molecule has 4 nitrogen and oxygen atoms in total. The van der Waals surface area contributed by atoms with Gasteiger partial charge in [0.25, 0.3) is 0 Å². The van der Waals surface area contributed by atoms with Crippen LogP contribution in [0.4, 0.5) is 5.69 Å². The maximum atomic E-state index is 11.7. The van der Waals surface area contributed by atoms with Gasteiger partial charge in [-0.1, -0.05) is 30.3 Å². The summed E-state index contributed by atoms with van der Waals surface area (Å²) in [5.41, 5.74) is 9.48. The van der Waals surface area contributed by atoms with Gasteiger partial charge in [-0.2, -0.15) is 0 Å². The van der Waals surface area contributed by atoms with Crippen molar-refractivity contribution in [2.45, 2.75) is 20.5 Å². The molecule has 0 bridgehead atoms. The smallest absolute Gasteiger partial charge is 0.344 e. The molecule has 0 fully saturated rings.